The number of hydrogen-bond acceptors (Lipinski definition) is 2. The number of benzene rings is 1. The maximum Gasteiger partial charge on any atom is 0.306 e. The van der Waals surface area contributed by atoms with Crippen LogP contribution in [0.2, 0.25) is 0 Å². The molecule has 16 heavy (non-hydrogen) atoms. The smallest absolute Gasteiger partial charge is 0.306 e. The van der Waals surface area contributed by atoms with Crippen molar-refractivity contribution in [2.24, 2.45) is 0 Å². The summed E-state index contributed by atoms with van der Waals surface area (Å²) in [5.41, 5.74) is 0.954. The average Bonchev–Trinajstić information content (AvgIpc) is 2.27. The van der Waals surface area contributed by atoms with Crippen LogP contribution in [0.5, 0.6) is 0 Å². The fraction of sp³-hybridized carbons (Fsp3) is 0.462. The molecule has 0 N–H and O–H groups in total. The summed E-state index contributed by atoms with van der Waals surface area (Å²) >= 11 is 0. The molecule has 0 radical (unpaired) electrons. The molecule has 1 aromatic rings. The topological polar surface area (TPSA) is 26.3 Å². The van der Waals surface area contributed by atoms with E-state index in [9.17, 15) is 9.18 Å². The van der Waals surface area contributed by atoms with Crippen LogP contribution in [0.3, 0.4) is 0 Å². The van der Waals surface area contributed by atoms with E-state index in [1.807, 2.05) is 13.8 Å². The van der Waals surface area contributed by atoms with Gasteiger partial charge in [-0.15, -0.1) is 0 Å². The van der Waals surface area contributed by atoms with Crippen molar-refractivity contribution in [3.8, 4) is 0 Å². The number of carbonyl (C=O) groups excluding carboxylic acids is 1. The van der Waals surface area contributed by atoms with Crippen molar-refractivity contribution in [2.75, 3.05) is 6.61 Å². The van der Waals surface area contributed by atoms with Crippen LogP contribution in [-0.4, -0.2) is 12.6 Å². The highest BCUT2D eigenvalue weighted by atomic mass is 19.1. The lowest BCUT2D eigenvalue weighted by Crippen LogP contribution is -2.09. The summed E-state index contributed by atoms with van der Waals surface area (Å²) in [5, 5.41) is 0. The van der Waals surface area contributed by atoms with Gasteiger partial charge in [-0.2, -0.15) is 0 Å². The van der Waals surface area contributed by atoms with Gasteiger partial charge in [0.1, 0.15) is 5.82 Å². The maximum atomic E-state index is 12.7. The van der Waals surface area contributed by atoms with Crippen LogP contribution in [-0.2, 0) is 9.53 Å². The molecule has 0 aromatic heterocycles. The Morgan fingerprint density at radius 2 is 2.00 bits per heavy atom. The highest BCUT2D eigenvalue weighted by molar-refractivity contribution is 5.70. The standard InChI is InChI=1S/C13H17FO2/c1-3-8-16-13(15)9-10(2)11-4-6-12(14)7-5-11/h4-7,10H,3,8-9H2,1-2H3. The minimum atomic E-state index is -0.260. The van der Waals surface area contributed by atoms with Crippen molar-refractivity contribution in [3.63, 3.8) is 0 Å². The van der Waals surface area contributed by atoms with Gasteiger partial charge in [0, 0.05) is 0 Å². The van der Waals surface area contributed by atoms with E-state index in [0.29, 0.717) is 13.0 Å². The first-order valence-corrected chi connectivity index (χ1v) is 5.54. The molecule has 0 bridgehead atoms. The first-order chi connectivity index (χ1) is 7.63. The van der Waals surface area contributed by atoms with Gasteiger partial charge in [-0.25, -0.2) is 4.39 Å². The SMILES string of the molecule is CCCOC(=O)CC(C)c1ccc(F)cc1. The van der Waals surface area contributed by atoms with Gasteiger partial charge < -0.3 is 4.74 Å². The second kappa shape index (κ2) is 6.26. The van der Waals surface area contributed by atoms with E-state index in [1.165, 1.54) is 12.1 Å². The summed E-state index contributed by atoms with van der Waals surface area (Å²) in [5.74, 6) is -0.395. The highest BCUT2D eigenvalue weighted by Crippen LogP contribution is 2.19. The molecule has 0 fully saturated rings. The van der Waals surface area contributed by atoms with Crippen LogP contribution in [0.1, 0.15) is 38.2 Å². The summed E-state index contributed by atoms with van der Waals surface area (Å²) < 4.78 is 17.7. The van der Waals surface area contributed by atoms with Crippen LogP contribution in [0.15, 0.2) is 24.3 Å². The Bertz CT molecular complexity index is 332. The molecule has 0 aliphatic heterocycles. The van der Waals surface area contributed by atoms with Gasteiger partial charge in [0.15, 0.2) is 0 Å². The summed E-state index contributed by atoms with van der Waals surface area (Å²) in [6, 6.07) is 6.21. The molecule has 1 unspecified atom stereocenters. The second-order valence-corrected chi connectivity index (χ2v) is 3.88. The van der Waals surface area contributed by atoms with Gasteiger partial charge in [0.05, 0.1) is 13.0 Å². The molecule has 2 nitrogen and oxygen atoms in total. The third-order valence-corrected chi connectivity index (χ3v) is 2.38. The number of carbonyl (C=O) groups is 1. The van der Waals surface area contributed by atoms with Crippen molar-refractivity contribution >= 4 is 5.97 Å². The predicted octanol–water partition coefficient (Wildman–Crippen LogP) is 3.27. The van der Waals surface area contributed by atoms with E-state index in [0.717, 1.165) is 12.0 Å². The van der Waals surface area contributed by atoms with Crippen molar-refractivity contribution in [1.29, 1.82) is 0 Å². The van der Waals surface area contributed by atoms with E-state index >= 15 is 0 Å². The lowest BCUT2D eigenvalue weighted by molar-refractivity contribution is -0.144. The largest absolute Gasteiger partial charge is 0.466 e. The molecule has 1 rings (SSSR count). The zero-order valence-corrected chi connectivity index (χ0v) is 9.70. The molecular formula is C13H17FO2. The van der Waals surface area contributed by atoms with Crippen molar-refractivity contribution in [2.45, 2.75) is 32.6 Å². The molecule has 88 valence electrons. The fourth-order valence-electron chi connectivity index (χ4n) is 1.43. The third kappa shape index (κ3) is 4.01. The Balaban J connectivity index is 2.48. The summed E-state index contributed by atoms with van der Waals surface area (Å²) in [7, 11) is 0. The first-order valence-electron chi connectivity index (χ1n) is 5.54. The Kier molecular flexibility index (Phi) is 4.96. The Hall–Kier alpha value is -1.38. The van der Waals surface area contributed by atoms with Crippen LogP contribution in [0, 0.1) is 5.82 Å². The summed E-state index contributed by atoms with van der Waals surface area (Å²) in [6.07, 6.45) is 1.17. The molecule has 1 aromatic carbocycles. The number of esters is 1. The van der Waals surface area contributed by atoms with Gasteiger partial charge in [0.25, 0.3) is 0 Å². The monoisotopic (exact) mass is 224 g/mol. The highest BCUT2D eigenvalue weighted by Gasteiger charge is 2.11. The quantitative estimate of drug-likeness (QED) is 0.717. The van der Waals surface area contributed by atoms with Gasteiger partial charge in [0.2, 0.25) is 0 Å². The van der Waals surface area contributed by atoms with Crippen LogP contribution >= 0.6 is 0 Å². The number of rotatable bonds is 5. The molecule has 1 atom stereocenters. The van der Waals surface area contributed by atoms with E-state index < -0.39 is 0 Å². The number of halogens is 1. The van der Waals surface area contributed by atoms with E-state index in [1.54, 1.807) is 12.1 Å². The van der Waals surface area contributed by atoms with E-state index in [-0.39, 0.29) is 17.7 Å². The first kappa shape index (κ1) is 12.7. The average molecular weight is 224 g/mol. The lowest BCUT2D eigenvalue weighted by Gasteiger charge is -2.11. The lowest BCUT2D eigenvalue weighted by atomic mass is 9.98. The molecule has 0 saturated heterocycles. The molecule has 0 aliphatic rings. The van der Waals surface area contributed by atoms with Crippen molar-refractivity contribution < 1.29 is 13.9 Å². The predicted molar refractivity (Wildman–Crippen MR) is 60.7 cm³/mol. The molecule has 3 heteroatoms. The zero-order chi connectivity index (χ0) is 12.0. The zero-order valence-electron chi connectivity index (χ0n) is 9.70. The molecule has 0 heterocycles. The third-order valence-electron chi connectivity index (χ3n) is 2.38. The Morgan fingerprint density at radius 1 is 1.38 bits per heavy atom. The molecule has 0 spiro atoms. The minimum absolute atomic E-state index is 0.0601. The van der Waals surface area contributed by atoms with Crippen LogP contribution in [0.25, 0.3) is 0 Å². The van der Waals surface area contributed by atoms with Crippen LogP contribution in [0.4, 0.5) is 4.39 Å². The van der Waals surface area contributed by atoms with E-state index in [4.69, 9.17) is 4.74 Å². The Morgan fingerprint density at radius 3 is 2.56 bits per heavy atom. The number of ether oxygens (including phenoxy) is 1. The van der Waals surface area contributed by atoms with Gasteiger partial charge in [-0.05, 0) is 30.0 Å². The second-order valence-electron chi connectivity index (χ2n) is 3.88. The maximum absolute atomic E-state index is 12.7. The fourth-order valence-corrected chi connectivity index (χ4v) is 1.43. The van der Waals surface area contributed by atoms with Gasteiger partial charge in [-0.1, -0.05) is 26.0 Å². The molecule has 0 aliphatic carbocycles. The number of hydrogen-bond donors (Lipinski definition) is 0. The summed E-state index contributed by atoms with van der Waals surface area (Å²) in [6.45, 7) is 4.35. The minimum Gasteiger partial charge on any atom is -0.466 e. The van der Waals surface area contributed by atoms with Gasteiger partial charge in [-0.3, -0.25) is 4.79 Å². The molecule has 0 saturated carbocycles. The van der Waals surface area contributed by atoms with Crippen molar-refractivity contribution in [1.82, 2.24) is 0 Å². The molecular weight excluding hydrogens is 207 g/mol. The summed E-state index contributed by atoms with van der Waals surface area (Å²) in [4.78, 5) is 11.4. The van der Waals surface area contributed by atoms with E-state index in [2.05, 4.69) is 0 Å². The Labute approximate surface area is 95.4 Å². The normalized spacial score (nSPS) is 12.2. The van der Waals surface area contributed by atoms with Gasteiger partial charge >= 0.3 is 5.97 Å². The van der Waals surface area contributed by atoms with Crippen molar-refractivity contribution in [3.05, 3.63) is 35.6 Å². The molecule has 0 amide bonds. The van der Waals surface area contributed by atoms with Crippen LogP contribution < -0.4 is 0 Å².